The van der Waals surface area contributed by atoms with Crippen molar-refractivity contribution in [3.63, 3.8) is 0 Å². The van der Waals surface area contributed by atoms with Gasteiger partial charge in [0.15, 0.2) is 0 Å². The van der Waals surface area contributed by atoms with Gasteiger partial charge in [-0.2, -0.15) is 0 Å². The van der Waals surface area contributed by atoms with Crippen molar-refractivity contribution in [2.45, 2.75) is 0 Å². The molecule has 16 heavy (non-hydrogen) atoms. The number of carboxylic acid groups (broad SMARTS) is 1. The zero-order valence-corrected chi connectivity index (χ0v) is 8.01. The first-order chi connectivity index (χ1) is 7.59. The molecule has 0 atom stereocenters. The number of carbonyl (C=O) groups is 3. The lowest BCUT2D eigenvalue weighted by Gasteiger charge is -2.11. The van der Waals surface area contributed by atoms with Gasteiger partial charge in [0.05, 0.1) is 24.0 Å². The fourth-order valence-corrected chi connectivity index (χ4v) is 1.35. The molecule has 1 aliphatic heterocycles. The summed E-state index contributed by atoms with van der Waals surface area (Å²) in [7, 11) is 0. The second-order valence-electron chi connectivity index (χ2n) is 3.12. The summed E-state index contributed by atoms with van der Waals surface area (Å²) in [5, 5.41) is 11.1. The molecule has 0 aromatic carbocycles. The molecule has 1 aromatic heterocycles. The van der Waals surface area contributed by atoms with Crippen LogP contribution in [0, 0.1) is 0 Å². The standard InChI is InChI=1S/C9H7N3O4/c13-7-4-11-9(16)12(7)6-1-5(8(14)15)2-10-3-6/h1-3H,4H2,(H,11,16)(H,14,15). The SMILES string of the molecule is O=C(O)c1cncc(N2C(=O)CNC2=O)c1. The van der Waals surface area contributed by atoms with Crippen LogP contribution in [0.4, 0.5) is 10.5 Å². The number of carboxylic acids is 1. The van der Waals surface area contributed by atoms with E-state index in [1.807, 2.05) is 0 Å². The Morgan fingerprint density at radius 1 is 1.44 bits per heavy atom. The number of amides is 3. The molecule has 1 fully saturated rings. The molecule has 0 aliphatic carbocycles. The molecule has 7 heteroatoms. The monoisotopic (exact) mass is 221 g/mol. The molecule has 0 spiro atoms. The van der Waals surface area contributed by atoms with Crippen molar-refractivity contribution in [1.82, 2.24) is 10.3 Å². The summed E-state index contributed by atoms with van der Waals surface area (Å²) in [4.78, 5) is 37.8. The van der Waals surface area contributed by atoms with E-state index in [2.05, 4.69) is 10.3 Å². The zero-order chi connectivity index (χ0) is 11.7. The third kappa shape index (κ3) is 1.58. The molecule has 7 nitrogen and oxygen atoms in total. The molecule has 1 saturated heterocycles. The van der Waals surface area contributed by atoms with Crippen LogP contribution >= 0.6 is 0 Å². The maximum atomic E-state index is 11.3. The van der Waals surface area contributed by atoms with Crippen molar-refractivity contribution in [2.24, 2.45) is 0 Å². The predicted octanol–water partition coefficient (Wildman–Crippen LogP) is -0.164. The largest absolute Gasteiger partial charge is 0.478 e. The highest BCUT2D eigenvalue weighted by molar-refractivity contribution is 6.19. The van der Waals surface area contributed by atoms with Gasteiger partial charge in [-0.3, -0.25) is 9.78 Å². The second-order valence-corrected chi connectivity index (χ2v) is 3.12. The van der Waals surface area contributed by atoms with E-state index in [0.717, 1.165) is 11.1 Å². The van der Waals surface area contributed by atoms with E-state index in [0.29, 0.717) is 0 Å². The first-order valence-corrected chi connectivity index (χ1v) is 4.39. The van der Waals surface area contributed by atoms with E-state index >= 15 is 0 Å². The average Bonchev–Trinajstić information content (AvgIpc) is 2.59. The van der Waals surface area contributed by atoms with Gasteiger partial charge in [0.25, 0.3) is 5.91 Å². The Kier molecular flexibility index (Phi) is 2.28. The molecule has 2 rings (SSSR count). The number of anilines is 1. The van der Waals surface area contributed by atoms with E-state index in [-0.39, 0.29) is 17.8 Å². The Bertz CT molecular complexity index is 469. The van der Waals surface area contributed by atoms with Gasteiger partial charge in [0.2, 0.25) is 0 Å². The number of rotatable bonds is 2. The van der Waals surface area contributed by atoms with Crippen LogP contribution in [0.2, 0.25) is 0 Å². The molecule has 82 valence electrons. The molecule has 0 saturated carbocycles. The summed E-state index contributed by atoms with van der Waals surface area (Å²) in [6, 6.07) is 0.646. The number of hydrogen-bond donors (Lipinski definition) is 2. The van der Waals surface area contributed by atoms with Crippen molar-refractivity contribution in [1.29, 1.82) is 0 Å². The highest BCUT2D eigenvalue weighted by Gasteiger charge is 2.30. The maximum Gasteiger partial charge on any atom is 0.337 e. The molecule has 0 bridgehead atoms. The van der Waals surface area contributed by atoms with Gasteiger partial charge in [-0.15, -0.1) is 0 Å². The molecule has 2 N–H and O–H groups in total. The van der Waals surface area contributed by atoms with Gasteiger partial charge in [-0.1, -0.05) is 0 Å². The minimum absolute atomic E-state index is 0.0787. The minimum atomic E-state index is -1.17. The number of urea groups is 1. The van der Waals surface area contributed by atoms with E-state index in [4.69, 9.17) is 5.11 Å². The van der Waals surface area contributed by atoms with Crippen molar-refractivity contribution in [2.75, 3.05) is 11.4 Å². The van der Waals surface area contributed by atoms with Crippen LogP contribution in [0.3, 0.4) is 0 Å². The fourth-order valence-electron chi connectivity index (χ4n) is 1.35. The molecular formula is C9H7N3O4. The first-order valence-electron chi connectivity index (χ1n) is 4.39. The first kappa shape index (κ1) is 10.1. The number of pyridine rings is 1. The smallest absolute Gasteiger partial charge is 0.337 e. The van der Waals surface area contributed by atoms with Crippen molar-refractivity contribution in [3.05, 3.63) is 24.0 Å². The van der Waals surface area contributed by atoms with Crippen LogP contribution in [0.25, 0.3) is 0 Å². The van der Waals surface area contributed by atoms with Crippen LogP contribution in [-0.2, 0) is 4.79 Å². The second kappa shape index (κ2) is 3.61. The molecular weight excluding hydrogens is 214 g/mol. The number of aromatic carboxylic acids is 1. The fraction of sp³-hybridized carbons (Fsp3) is 0.111. The third-order valence-corrected chi connectivity index (χ3v) is 2.07. The van der Waals surface area contributed by atoms with Crippen LogP contribution in [-0.4, -0.2) is 34.5 Å². The number of nitrogens with one attached hydrogen (secondary N) is 1. The summed E-state index contributed by atoms with van der Waals surface area (Å²) >= 11 is 0. The number of hydrogen-bond acceptors (Lipinski definition) is 4. The predicted molar refractivity (Wildman–Crippen MR) is 52.1 cm³/mol. The van der Waals surface area contributed by atoms with Gasteiger partial charge in [0, 0.05) is 6.20 Å². The summed E-state index contributed by atoms with van der Waals surface area (Å²) in [5.74, 6) is -1.60. The van der Waals surface area contributed by atoms with Crippen molar-refractivity contribution >= 4 is 23.6 Å². The van der Waals surface area contributed by atoms with Gasteiger partial charge < -0.3 is 10.4 Å². The highest BCUT2D eigenvalue weighted by Crippen LogP contribution is 2.17. The number of nitrogens with zero attached hydrogens (tertiary/aromatic N) is 2. The maximum absolute atomic E-state index is 11.3. The summed E-state index contributed by atoms with van der Waals surface area (Å²) in [6.07, 6.45) is 2.40. The van der Waals surface area contributed by atoms with Crippen LogP contribution in [0.5, 0.6) is 0 Å². The quantitative estimate of drug-likeness (QED) is 0.675. The lowest BCUT2D eigenvalue weighted by Crippen LogP contribution is -2.30. The van der Waals surface area contributed by atoms with Crippen LogP contribution in [0.15, 0.2) is 18.5 Å². The molecule has 1 aromatic rings. The lowest BCUT2D eigenvalue weighted by molar-refractivity contribution is -0.115. The Labute approximate surface area is 89.7 Å². The normalized spacial score (nSPS) is 15.1. The summed E-state index contributed by atoms with van der Waals surface area (Å²) in [5.41, 5.74) is 0.0740. The number of carbonyl (C=O) groups excluding carboxylic acids is 2. The van der Waals surface area contributed by atoms with Gasteiger partial charge in [0.1, 0.15) is 0 Å². The van der Waals surface area contributed by atoms with E-state index in [1.54, 1.807) is 0 Å². The lowest BCUT2D eigenvalue weighted by atomic mass is 10.2. The molecule has 1 aliphatic rings. The Balaban J connectivity index is 2.40. The van der Waals surface area contributed by atoms with E-state index in [1.165, 1.54) is 12.3 Å². The average molecular weight is 221 g/mol. The van der Waals surface area contributed by atoms with Crippen LogP contribution < -0.4 is 10.2 Å². The van der Waals surface area contributed by atoms with E-state index in [9.17, 15) is 14.4 Å². The van der Waals surface area contributed by atoms with Crippen molar-refractivity contribution < 1.29 is 19.5 Å². The zero-order valence-electron chi connectivity index (χ0n) is 8.01. The van der Waals surface area contributed by atoms with Crippen molar-refractivity contribution in [3.8, 4) is 0 Å². The summed E-state index contributed by atoms with van der Waals surface area (Å²) in [6.45, 7) is -0.0872. The number of aromatic nitrogens is 1. The number of imide groups is 1. The minimum Gasteiger partial charge on any atom is -0.478 e. The molecule has 0 unspecified atom stereocenters. The molecule has 0 radical (unpaired) electrons. The Hall–Kier alpha value is -2.44. The molecule has 3 amide bonds. The summed E-state index contributed by atoms with van der Waals surface area (Å²) < 4.78 is 0. The Morgan fingerprint density at radius 3 is 2.75 bits per heavy atom. The topological polar surface area (TPSA) is 99.6 Å². The highest BCUT2D eigenvalue weighted by atomic mass is 16.4. The van der Waals surface area contributed by atoms with Gasteiger partial charge in [-0.25, -0.2) is 14.5 Å². The van der Waals surface area contributed by atoms with Gasteiger partial charge >= 0.3 is 12.0 Å². The van der Waals surface area contributed by atoms with Gasteiger partial charge in [-0.05, 0) is 6.07 Å². The third-order valence-electron chi connectivity index (χ3n) is 2.07. The Morgan fingerprint density at radius 2 is 2.19 bits per heavy atom. The van der Waals surface area contributed by atoms with E-state index < -0.39 is 17.9 Å². The molecule has 2 heterocycles. The van der Waals surface area contributed by atoms with Crippen LogP contribution in [0.1, 0.15) is 10.4 Å².